The lowest BCUT2D eigenvalue weighted by Gasteiger charge is -2.08. The lowest BCUT2D eigenvalue weighted by molar-refractivity contribution is -0.104. The Balaban J connectivity index is 2.91. The zero-order chi connectivity index (χ0) is 12.5. The van der Waals surface area contributed by atoms with Crippen molar-refractivity contribution < 1.29 is 4.79 Å². The number of carbonyl (C=O) groups excluding carboxylic acids is 1. The average molecular weight is 264 g/mol. The Bertz CT molecular complexity index is 407. The van der Waals surface area contributed by atoms with Crippen LogP contribution in [0, 0.1) is 0 Å². The minimum absolute atomic E-state index is 0.848. The van der Waals surface area contributed by atoms with Gasteiger partial charge >= 0.3 is 0 Å². The topological polar surface area (TPSA) is 17.1 Å². The molecule has 1 rings (SSSR count). The van der Waals surface area contributed by atoms with E-state index < -0.39 is 0 Å². The third kappa shape index (κ3) is 4.84. The quantitative estimate of drug-likeness (QED) is 0.325. The second-order valence-corrected chi connectivity index (χ2v) is 5.23. The molecule has 17 heavy (non-hydrogen) atoms. The standard InChI is InChI=1S/C14H16OS2/c1-3-7-14(13(16-2)10-11-15)17-12-8-5-4-6-9-12/h4-11H,3H2,1-2H3/b13-10+,14-7-. The molecule has 0 unspecified atom stereocenters. The van der Waals surface area contributed by atoms with Crippen LogP contribution in [-0.4, -0.2) is 12.5 Å². The molecule has 0 spiro atoms. The first-order chi connectivity index (χ1) is 8.31. The second kappa shape index (κ2) is 8.20. The molecular weight excluding hydrogens is 248 g/mol. The maximum absolute atomic E-state index is 10.6. The second-order valence-electron chi connectivity index (χ2n) is 3.26. The van der Waals surface area contributed by atoms with Gasteiger partial charge in [0, 0.05) is 14.7 Å². The van der Waals surface area contributed by atoms with Crippen LogP contribution in [0.25, 0.3) is 0 Å². The minimum Gasteiger partial charge on any atom is -0.299 e. The molecule has 1 nitrogen and oxygen atoms in total. The summed E-state index contributed by atoms with van der Waals surface area (Å²) in [7, 11) is 0. The molecule has 0 bridgehead atoms. The van der Waals surface area contributed by atoms with E-state index in [0.717, 1.165) is 22.5 Å². The van der Waals surface area contributed by atoms with Crippen LogP contribution in [0.4, 0.5) is 0 Å². The van der Waals surface area contributed by atoms with Crippen LogP contribution in [0.3, 0.4) is 0 Å². The molecule has 0 heterocycles. The van der Waals surface area contributed by atoms with Gasteiger partial charge in [-0.3, -0.25) is 4.79 Å². The van der Waals surface area contributed by atoms with Gasteiger partial charge in [0.15, 0.2) is 0 Å². The molecule has 0 radical (unpaired) electrons. The van der Waals surface area contributed by atoms with Crippen LogP contribution >= 0.6 is 23.5 Å². The molecule has 0 saturated heterocycles. The molecule has 1 aromatic rings. The fraction of sp³-hybridized carbons (Fsp3) is 0.214. The van der Waals surface area contributed by atoms with Gasteiger partial charge in [-0.25, -0.2) is 0 Å². The van der Waals surface area contributed by atoms with Crippen LogP contribution in [-0.2, 0) is 4.79 Å². The van der Waals surface area contributed by atoms with Gasteiger partial charge in [0.1, 0.15) is 6.29 Å². The Morgan fingerprint density at radius 1 is 1.24 bits per heavy atom. The first-order valence-corrected chi connectivity index (χ1v) is 7.48. The number of allylic oxidation sites excluding steroid dienone is 2. The van der Waals surface area contributed by atoms with Gasteiger partial charge in [0.25, 0.3) is 0 Å². The van der Waals surface area contributed by atoms with Crippen LogP contribution in [0.5, 0.6) is 0 Å². The molecule has 0 aliphatic carbocycles. The van der Waals surface area contributed by atoms with Gasteiger partial charge in [-0.05, 0) is 30.9 Å². The van der Waals surface area contributed by atoms with Crippen LogP contribution in [0.15, 0.2) is 57.2 Å². The minimum atomic E-state index is 0.848. The van der Waals surface area contributed by atoms with E-state index in [2.05, 4.69) is 25.1 Å². The molecular formula is C14H16OS2. The van der Waals surface area contributed by atoms with E-state index >= 15 is 0 Å². The number of benzene rings is 1. The molecule has 0 aliphatic rings. The van der Waals surface area contributed by atoms with Gasteiger partial charge < -0.3 is 0 Å². The Morgan fingerprint density at radius 2 is 1.94 bits per heavy atom. The van der Waals surface area contributed by atoms with Gasteiger partial charge in [0.05, 0.1) is 0 Å². The number of thioether (sulfide) groups is 2. The maximum atomic E-state index is 10.6. The Labute approximate surface area is 111 Å². The van der Waals surface area contributed by atoms with Crippen LogP contribution in [0.1, 0.15) is 13.3 Å². The Kier molecular flexibility index (Phi) is 6.82. The molecule has 0 amide bonds. The van der Waals surface area contributed by atoms with Crippen molar-refractivity contribution in [1.82, 2.24) is 0 Å². The summed E-state index contributed by atoms with van der Waals surface area (Å²) in [6.07, 6.45) is 7.59. The number of carbonyl (C=O) groups is 1. The van der Waals surface area contributed by atoms with E-state index in [0.29, 0.717) is 0 Å². The van der Waals surface area contributed by atoms with Crippen molar-refractivity contribution in [3.05, 3.63) is 52.3 Å². The molecule has 0 aromatic heterocycles. The van der Waals surface area contributed by atoms with Gasteiger partial charge in [-0.2, -0.15) is 0 Å². The number of hydrogen-bond donors (Lipinski definition) is 0. The normalized spacial score (nSPS) is 12.6. The van der Waals surface area contributed by atoms with Crippen molar-refractivity contribution in [1.29, 1.82) is 0 Å². The van der Waals surface area contributed by atoms with Crippen molar-refractivity contribution in [3.8, 4) is 0 Å². The number of hydrogen-bond acceptors (Lipinski definition) is 3. The third-order valence-corrected chi connectivity index (χ3v) is 4.08. The monoisotopic (exact) mass is 264 g/mol. The third-order valence-electron chi connectivity index (χ3n) is 2.04. The summed E-state index contributed by atoms with van der Waals surface area (Å²) in [5.74, 6) is 0. The highest BCUT2D eigenvalue weighted by Crippen LogP contribution is 2.36. The first-order valence-electron chi connectivity index (χ1n) is 5.44. The average Bonchev–Trinajstić information content (AvgIpc) is 2.37. The predicted molar refractivity (Wildman–Crippen MR) is 78.3 cm³/mol. The van der Waals surface area contributed by atoms with Crippen molar-refractivity contribution in [2.24, 2.45) is 0 Å². The van der Waals surface area contributed by atoms with Gasteiger partial charge in [-0.1, -0.05) is 43.0 Å². The lowest BCUT2D eigenvalue weighted by Crippen LogP contribution is -1.83. The molecule has 0 fully saturated rings. The first kappa shape index (κ1) is 14.1. The van der Waals surface area contributed by atoms with Crippen molar-refractivity contribution in [2.45, 2.75) is 18.2 Å². The highest BCUT2D eigenvalue weighted by molar-refractivity contribution is 8.08. The van der Waals surface area contributed by atoms with E-state index in [4.69, 9.17) is 0 Å². The lowest BCUT2D eigenvalue weighted by atomic mass is 10.4. The van der Waals surface area contributed by atoms with Gasteiger partial charge in [-0.15, -0.1) is 11.8 Å². The van der Waals surface area contributed by atoms with E-state index in [1.807, 2.05) is 24.5 Å². The summed E-state index contributed by atoms with van der Waals surface area (Å²) in [5.41, 5.74) is 0. The number of rotatable bonds is 6. The summed E-state index contributed by atoms with van der Waals surface area (Å²) < 4.78 is 0. The Morgan fingerprint density at radius 3 is 2.47 bits per heavy atom. The zero-order valence-electron chi connectivity index (χ0n) is 10.1. The van der Waals surface area contributed by atoms with Crippen molar-refractivity contribution in [2.75, 3.05) is 6.26 Å². The van der Waals surface area contributed by atoms with E-state index in [-0.39, 0.29) is 0 Å². The summed E-state index contributed by atoms with van der Waals surface area (Å²) in [4.78, 5) is 14.0. The molecule has 0 atom stereocenters. The maximum Gasteiger partial charge on any atom is 0.143 e. The highest BCUT2D eigenvalue weighted by Gasteiger charge is 2.05. The van der Waals surface area contributed by atoms with E-state index in [1.54, 1.807) is 29.6 Å². The van der Waals surface area contributed by atoms with Crippen molar-refractivity contribution >= 4 is 29.8 Å². The highest BCUT2D eigenvalue weighted by atomic mass is 32.2. The SMILES string of the molecule is CC/C=C(Sc1ccccc1)/C(=C\C=O)SC. The summed E-state index contributed by atoms with van der Waals surface area (Å²) >= 11 is 3.30. The molecule has 0 saturated carbocycles. The molecule has 1 aromatic carbocycles. The van der Waals surface area contributed by atoms with Gasteiger partial charge in [0.2, 0.25) is 0 Å². The zero-order valence-corrected chi connectivity index (χ0v) is 11.7. The molecule has 0 N–H and O–H groups in total. The largest absolute Gasteiger partial charge is 0.299 e. The molecule has 0 aliphatic heterocycles. The summed E-state index contributed by atoms with van der Waals surface area (Å²) in [5, 5.41) is 0. The van der Waals surface area contributed by atoms with Crippen LogP contribution in [0.2, 0.25) is 0 Å². The van der Waals surface area contributed by atoms with E-state index in [9.17, 15) is 4.79 Å². The van der Waals surface area contributed by atoms with E-state index in [1.165, 1.54) is 4.90 Å². The molecule has 3 heteroatoms. The fourth-order valence-electron chi connectivity index (χ4n) is 1.31. The predicted octanol–water partition coefficient (Wildman–Crippen LogP) is 4.52. The van der Waals surface area contributed by atoms with Crippen LogP contribution < -0.4 is 0 Å². The summed E-state index contributed by atoms with van der Waals surface area (Å²) in [6, 6.07) is 10.2. The van der Waals surface area contributed by atoms with Crippen molar-refractivity contribution in [3.63, 3.8) is 0 Å². The molecule has 90 valence electrons. The fourth-order valence-corrected chi connectivity index (χ4v) is 3.12. The summed E-state index contributed by atoms with van der Waals surface area (Å²) in [6.45, 7) is 2.10. The number of aldehydes is 1. The smallest absolute Gasteiger partial charge is 0.143 e. The Hall–Kier alpha value is -0.930.